The number of nitrogens with zero attached hydrogens (tertiary/aromatic N) is 1. The minimum absolute atomic E-state index is 0.0141. The van der Waals surface area contributed by atoms with Gasteiger partial charge in [0.15, 0.2) is 0 Å². The lowest BCUT2D eigenvalue weighted by atomic mass is 10.3. The molecule has 1 N–H and O–H groups in total. The van der Waals surface area contributed by atoms with Gasteiger partial charge in [-0.05, 0) is 42.7 Å². The molecular weight excluding hydrogens is 328 g/mol. The lowest BCUT2D eigenvalue weighted by Crippen LogP contribution is -2.18. The van der Waals surface area contributed by atoms with Gasteiger partial charge in [0.2, 0.25) is 5.91 Å². The first-order chi connectivity index (χ1) is 11.2. The zero-order valence-electron chi connectivity index (χ0n) is 12.6. The molecule has 6 heteroatoms. The van der Waals surface area contributed by atoms with Crippen LogP contribution in [0.5, 0.6) is 0 Å². The molecule has 0 fully saturated rings. The van der Waals surface area contributed by atoms with Crippen LogP contribution in [0.15, 0.2) is 53.4 Å². The van der Waals surface area contributed by atoms with Crippen LogP contribution in [0, 0.1) is 0 Å². The molecule has 0 spiro atoms. The third-order valence-corrected chi connectivity index (χ3v) is 4.92. The summed E-state index contributed by atoms with van der Waals surface area (Å²) in [6, 6.07) is 15.7. The molecule has 0 radical (unpaired) electrons. The van der Waals surface area contributed by atoms with Crippen molar-refractivity contribution < 1.29 is 9.53 Å². The Morgan fingerprint density at radius 1 is 1.22 bits per heavy atom. The molecular formula is C17H16N2O2S2. The Hall–Kier alpha value is -1.89. The maximum atomic E-state index is 11.9. The lowest BCUT2D eigenvalue weighted by molar-refractivity contribution is -0.121. The van der Waals surface area contributed by atoms with Gasteiger partial charge >= 0.3 is 0 Å². The fourth-order valence-corrected chi connectivity index (χ4v) is 3.40. The van der Waals surface area contributed by atoms with Gasteiger partial charge in [-0.2, -0.15) is 0 Å². The normalized spacial score (nSPS) is 10.8. The highest BCUT2D eigenvalue weighted by molar-refractivity contribution is 7.98. The number of thioether (sulfide) groups is 1. The number of thiazole rings is 1. The van der Waals surface area contributed by atoms with Gasteiger partial charge in [-0.3, -0.25) is 4.79 Å². The number of amides is 1. The third kappa shape index (κ3) is 4.31. The molecule has 0 saturated carbocycles. The van der Waals surface area contributed by atoms with Crippen LogP contribution in [0.3, 0.4) is 0 Å². The first-order valence-electron chi connectivity index (χ1n) is 7.11. The standard InChI is InChI=1S/C17H16N2O2S2/c1-22-13-8-6-12(7-9-13)18-16(20)10-21-11-17-19-14-4-2-3-5-15(14)23-17/h2-9H,10-11H2,1H3,(H,18,20). The molecule has 4 nitrogen and oxygen atoms in total. The number of hydrogen-bond donors (Lipinski definition) is 1. The van der Waals surface area contributed by atoms with Crippen molar-refractivity contribution in [2.24, 2.45) is 0 Å². The smallest absolute Gasteiger partial charge is 0.250 e. The van der Waals surface area contributed by atoms with Crippen molar-refractivity contribution in [2.75, 3.05) is 18.2 Å². The Morgan fingerprint density at radius 3 is 2.74 bits per heavy atom. The maximum Gasteiger partial charge on any atom is 0.250 e. The molecule has 2 aromatic carbocycles. The number of rotatable bonds is 6. The number of fused-ring (bicyclic) bond motifs is 1. The fourth-order valence-electron chi connectivity index (χ4n) is 2.08. The first-order valence-corrected chi connectivity index (χ1v) is 9.15. The van der Waals surface area contributed by atoms with Crippen LogP contribution < -0.4 is 5.32 Å². The zero-order valence-corrected chi connectivity index (χ0v) is 14.2. The van der Waals surface area contributed by atoms with Crippen molar-refractivity contribution in [3.8, 4) is 0 Å². The van der Waals surface area contributed by atoms with E-state index in [0.29, 0.717) is 6.61 Å². The average molecular weight is 344 g/mol. The molecule has 0 unspecified atom stereocenters. The van der Waals surface area contributed by atoms with E-state index >= 15 is 0 Å². The topological polar surface area (TPSA) is 51.2 Å². The van der Waals surface area contributed by atoms with Gasteiger partial charge in [0.05, 0.1) is 16.8 Å². The zero-order chi connectivity index (χ0) is 16.1. The van der Waals surface area contributed by atoms with E-state index in [1.807, 2.05) is 54.8 Å². The second kappa shape index (κ2) is 7.59. The van der Waals surface area contributed by atoms with Gasteiger partial charge in [-0.25, -0.2) is 4.98 Å². The van der Waals surface area contributed by atoms with Crippen molar-refractivity contribution in [3.63, 3.8) is 0 Å². The van der Waals surface area contributed by atoms with Gasteiger partial charge < -0.3 is 10.1 Å². The number of ether oxygens (including phenoxy) is 1. The summed E-state index contributed by atoms with van der Waals surface area (Å²) in [6.07, 6.45) is 2.02. The van der Waals surface area contributed by atoms with Gasteiger partial charge in [0, 0.05) is 10.6 Å². The predicted octanol–water partition coefficient (Wildman–Crippen LogP) is 4.17. The van der Waals surface area contributed by atoms with Crippen LogP contribution in [0.4, 0.5) is 5.69 Å². The van der Waals surface area contributed by atoms with Crippen molar-refractivity contribution in [1.29, 1.82) is 0 Å². The van der Waals surface area contributed by atoms with Gasteiger partial charge in [0.25, 0.3) is 0 Å². The molecule has 118 valence electrons. The van der Waals surface area contributed by atoms with Crippen LogP contribution in [0.2, 0.25) is 0 Å². The van der Waals surface area contributed by atoms with Crippen molar-refractivity contribution in [3.05, 3.63) is 53.5 Å². The first kappa shape index (κ1) is 16.0. The number of hydrogen-bond acceptors (Lipinski definition) is 5. The fraction of sp³-hybridized carbons (Fsp3) is 0.176. The summed E-state index contributed by atoms with van der Waals surface area (Å²) in [5, 5.41) is 3.69. The van der Waals surface area contributed by atoms with E-state index in [9.17, 15) is 4.79 Å². The number of carbonyl (C=O) groups is 1. The Bertz CT molecular complexity index is 767. The summed E-state index contributed by atoms with van der Waals surface area (Å²) in [6.45, 7) is 0.360. The molecule has 0 bridgehead atoms. The number of nitrogens with one attached hydrogen (secondary N) is 1. The maximum absolute atomic E-state index is 11.9. The Kier molecular flexibility index (Phi) is 5.27. The highest BCUT2D eigenvalue weighted by atomic mass is 32.2. The van der Waals surface area contributed by atoms with Crippen LogP contribution in [-0.2, 0) is 16.1 Å². The third-order valence-electron chi connectivity index (χ3n) is 3.17. The predicted molar refractivity (Wildman–Crippen MR) is 96.1 cm³/mol. The van der Waals surface area contributed by atoms with Crippen LogP contribution in [0.1, 0.15) is 5.01 Å². The second-order valence-corrected chi connectivity index (χ2v) is 6.84. The Labute approximate surface area is 142 Å². The Balaban J connectivity index is 1.48. The van der Waals surface area contributed by atoms with E-state index in [1.54, 1.807) is 23.1 Å². The summed E-state index contributed by atoms with van der Waals surface area (Å²) < 4.78 is 6.59. The lowest BCUT2D eigenvalue weighted by Gasteiger charge is -2.06. The van der Waals surface area contributed by atoms with Crippen LogP contribution in [-0.4, -0.2) is 23.8 Å². The highest BCUT2D eigenvalue weighted by Crippen LogP contribution is 2.22. The molecule has 0 aliphatic rings. The molecule has 3 rings (SSSR count). The summed E-state index contributed by atoms with van der Waals surface area (Å²) >= 11 is 3.25. The summed E-state index contributed by atoms with van der Waals surface area (Å²) in [4.78, 5) is 17.5. The van der Waals surface area contributed by atoms with Gasteiger partial charge in [-0.1, -0.05) is 12.1 Å². The molecule has 0 saturated heterocycles. The highest BCUT2D eigenvalue weighted by Gasteiger charge is 2.06. The van der Waals surface area contributed by atoms with Gasteiger partial charge in [0.1, 0.15) is 11.6 Å². The molecule has 0 aliphatic heterocycles. The van der Waals surface area contributed by atoms with Crippen LogP contribution in [0.25, 0.3) is 10.2 Å². The van der Waals surface area contributed by atoms with Crippen molar-refractivity contribution in [1.82, 2.24) is 4.98 Å². The largest absolute Gasteiger partial charge is 0.364 e. The van der Waals surface area contributed by atoms with Gasteiger partial charge in [-0.15, -0.1) is 23.1 Å². The number of aromatic nitrogens is 1. The molecule has 0 atom stereocenters. The van der Waals surface area contributed by atoms with E-state index in [4.69, 9.17) is 4.74 Å². The van der Waals surface area contributed by atoms with E-state index in [2.05, 4.69) is 10.3 Å². The minimum atomic E-state index is -0.164. The molecule has 3 aromatic rings. The molecule has 1 heterocycles. The molecule has 1 aromatic heterocycles. The number of anilines is 1. The van der Waals surface area contributed by atoms with Crippen molar-refractivity contribution in [2.45, 2.75) is 11.5 Å². The SMILES string of the molecule is CSc1ccc(NC(=O)COCc2nc3ccccc3s2)cc1. The number of para-hydroxylation sites is 1. The van der Waals surface area contributed by atoms with E-state index in [-0.39, 0.29) is 12.5 Å². The monoisotopic (exact) mass is 344 g/mol. The molecule has 0 aliphatic carbocycles. The van der Waals surface area contributed by atoms with E-state index in [1.165, 1.54) is 0 Å². The molecule has 23 heavy (non-hydrogen) atoms. The summed E-state index contributed by atoms with van der Waals surface area (Å²) in [5.74, 6) is -0.164. The minimum Gasteiger partial charge on any atom is -0.364 e. The average Bonchev–Trinajstić information content (AvgIpc) is 2.98. The number of benzene rings is 2. The molecule has 1 amide bonds. The van der Waals surface area contributed by atoms with Crippen LogP contribution >= 0.6 is 23.1 Å². The van der Waals surface area contributed by atoms with Crippen molar-refractivity contribution >= 4 is 44.9 Å². The Morgan fingerprint density at radius 2 is 2.00 bits per heavy atom. The van der Waals surface area contributed by atoms with E-state index < -0.39 is 0 Å². The quantitative estimate of drug-likeness (QED) is 0.682. The second-order valence-electron chi connectivity index (χ2n) is 4.84. The summed E-state index contributed by atoms with van der Waals surface area (Å²) in [5.41, 5.74) is 1.74. The number of carbonyl (C=O) groups excluding carboxylic acids is 1. The summed E-state index contributed by atoms with van der Waals surface area (Å²) in [7, 11) is 0. The van der Waals surface area contributed by atoms with E-state index in [0.717, 1.165) is 25.8 Å².